The Balaban J connectivity index is -0.0000000771. The normalized spacial score (nSPS) is 7.95. The number of aliphatic hydroxyl groups is 1. The van der Waals surface area contributed by atoms with Crippen molar-refractivity contribution >= 4 is 14.7 Å². The molecule has 2 rings (SSSR count). The average Bonchev–Trinajstić information content (AvgIpc) is 2.41. The van der Waals surface area contributed by atoms with Gasteiger partial charge in [-0.1, -0.05) is 13.5 Å². The van der Waals surface area contributed by atoms with E-state index in [1.807, 2.05) is 32.0 Å². The summed E-state index contributed by atoms with van der Waals surface area (Å²) in [6, 6.07) is 7.30. The number of carbonyl (C=O) groups excluding carboxylic acids is 1. The minimum atomic E-state index is 0. The molecule has 0 aliphatic heterocycles. The summed E-state index contributed by atoms with van der Waals surface area (Å²) in [5, 5.41) is 8.59. The van der Waals surface area contributed by atoms with Crippen molar-refractivity contribution in [2.75, 3.05) is 0 Å². The van der Waals surface area contributed by atoms with Gasteiger partial charge in [-0.2, -0.15) is 0 Å². The summed E-state index contributed by atoms with van der Waals surface area (Å²) in [6.45, 7) is 3.88. The van der Waals surface area contributed by atoms with E-state index in [1.54, 1.807) is 18.5 Å². The molecule has 0 atom stereocenters. The zero-order chi connectivity index (χ0) is 13.4. The molecule has 0 aliphatic carbocycles. The van der Waals surface area contributed by atoms with Crippen LogP contribution < -0.4 is 29.6 Å². The monoisotopic (exact) mass is 298 g/mol. The Morgan fingerprint density at radius 2 is 1.67 bits per heavy atom. The molecular formula is C15H23BN2NaO2. The van der Waals surface area contributed by atoms with Crippen molar-refractivity contribution in [2.24, 2.45) is 0 Å². The van der Waals surface area contributed by atoms with Gasteiger partial charge in [-0.25, -0.2) is 0 Å². The average molecular weight is 298 g/mol. The summed E-state index contributed by atoms with van der Waals surface area (Å²) in [7, 11) is 0. The van der Waals surface area contributed by atoms with Crippen LogP contribution in [0.2, 0.25) is 0 Å². The fourth-order valence-corrected chi connectivity index (χ4v) is 1.14. The molecule has 0 unspecified atom stereocenters. The Bertz CT molecular complexity index is 500. The number of aryl methyl sites for hydroxylation is 2. The Hall–Kier alpha value is -1.01. The van der Waals surface area contributed by atoms with Gasteiger partial charge >= 0.3 is 29.6 Å². The minimum Gasteiger partial charge on any atom is -1.00 e. The number of hydrogen-bond acceptors (Lipinski definition) is 4. The second-order valence-corrected chi connectivity index (χ2v) is 3.82. The van der Waals surface area contributed by atoms with Gasteiger partial charge in [0, 0.05) is 39.2 Å². The van der Waals surface area contributed by atoms with Crippen molar-refractivity contribution < 1.29 is 42.3 Å². The van der Waals surface area contributed by atoms with Crippen LogP contribution in [0.4, 0.5) is 0 Å². The van der Waals surface area contributed by atoms with E-state index in [0.717, 1.165) is 23.2 Å². The molecule has 0 aromatic carbocycles. The molecule has 0 amide bonds. The standard InChI is InChI=1S/C7H9NO.C7H7NO.CH4.B.Na.H2.H/c2*1-6-2-3-7(5-9)4-8-6;;;;;/h2-4,9H,5H2,1H3;2-5H,1H3;1H4;;;1H;/q;;;;+1;;-1/i;;;;;1+1;. The Kier molecular flexibility index (Phi) is 16.6. The van der Waals surface area contributed by atoms with Crippen LogP contribution in [0.1, 0.15) is 37.6 Å². The van der Waals surface area contributed by atoms with Gasteiger partial charge in [0.25, 0.3) is 0 Å². The maximum absolute atomic E-state index is 10.1. The summed E-state index contributed by atoms with van der Waals surface area (Å²) in [4.78, 5) is 18.0. The van der Waals surface area contributed by atoms with E-state index >= 15 is 0 Å². The van der Waals surface area contributed by atoms with Crippen molar-refractivity contribution in [3.05, 3.63) is 59.2 Å². The molecule has 0 bridgehead atoms. The third-order valence-electron chi connectivity index (χ3n) is 2.23. The molecule has 2 aromatic rings. The predicted molar refractivity (Wildman–Crippen MR) is 85.0 cm³/mol. The molecule has 1 N–H and O–H groups in total. The van der Waals surface area contributed by atoms with E-state index in [-0.39, 0.29) is 54.9 Å². The summed E-state index contributed by atoms with van der Waals surface area (Å²) in [5.74, 6) is 0. The molecule has 0 saturated carbocycles. The molecular weight excluding hydrogens is 274 g/mol. The number of hydrogen-bond donors (Lipinski definition) is 1. The zero-order valence-corrected chi connectivity index (χ0v) is 14.1. The van der Waals surface area contributed by atoms with E-state index in [9.17, 15) is 4.79 Å². The van der Waals surface area contributed by atoms with Crippen LogP contribution in [0.15, 0.2) is 36.7 Å². The molecule has 2 heterocycles. The second-order valence-electron chi connectivity index (χ2n) is 3.82. The molecule has 109 valence electrons. The van der Waals surface area contributed by atoms with Gasteiger partial charge in [0.05, 0.1) is 6.61 Å². The fraction of sp³-hybridized carbons (Fsp3) is 0.267. The van der Waals surface area contributed by atoms with E-state index in [0.29, 0.717) is 5.56 Å². The Labute approximate surface area is 153 Å². The number of rotatable bonds is 2. The van der Waals surface area contributed by atoms with Crippen molar-refractivity contribution in [2.45, 2.75) is 27.9 Å². The van der Waals surface area contributed by atoms with Crippen molar-refractivity contribution in [3.8, 4) is 0 Å². The quantitative estimate of drug-likeness (QED) is 0.611. The van der Waals surface area contributed by atoms with Gasteiger partial charge in [-0.15, -0.1) is 0 Å². The fourth-order valence-electron chi connectivity index (χ4n) is 1.14. The van der Waals surface area contributed by atoms with E-state index in [4.69, 9.17) is 5.11 Å². The SMILES string of the molecule is C.Cc1ccc(C=O)cn1.Cc1ccc(CO)cn1.[2HH].[B].[H-].[Na+]. The van der Waals surface area contributed by atoms with Crippen LogP contribution in [0.5, 0.6) is 0 Å². The van der Waals surface area contributed by atoms with Gasteiger partial charge in [0.2, 0.25) is 0 Å². The van der Waals surface area contributed by atoms with Gasteiger partial charge in [-0.3, -0.25) is 14.8 Å². The maximum Gasteiger partial charge on any atom is 1.00 e. The smallest absolute Gasteiger partial charge is 1.00 e. The van der Waals surface area contributed by atoms with E-state index < -0.39 is 0 Å². The first-order valence-electron chi connectivity index (χ1n) is 5.56. The first-order chi connectivity index (χ1) is 8.65. The first-order valence-corrected chi connectivity index (χ1v) is 5.56. The number of aliphatic hydroxyl groups excluding tert-OH is 1. The third kappa shape index (κ3) is 10.4. The maximum atomic E-state index is 10.1. The van der Waals surface area contributed by atoms with Crippen LogP contribution in [0, 0.1) is 13.8 Å². The third-order valence-corrected chi connectivity index (χ3v) is 2.23. The summed E-state index contributed by atoms with van der Waals surface area (Å²) < 4.78 is 0. The number of aromatic nitrogens is 2. The Morgan fingerprint density at radius 3 is 2.00 bits per heavy atom. The van der Waals surface area contributed by atoms with Gasteiger partial charge in [0.1, 0.15) is 0 Å². The number of pyridine rings is 2. The molecule has 2 aromatic heterocycles. The Morgan fingerprint density at radius 1 is 1.14 bits per heavy atom. The molecule has 0 fully saturated rings. The van der Waals surface area contributed by atoms with E-state index in [1.165, 1.54) is 0 Å². The van der Waals surface area contributed by atoms with Crippen LogP contribution in [-0.2, 0) is 6.61 Å². The number of aldehydes is 1. The molecule has 4 nitrogen and oxygen atoms in total. The van der Waals surface area contributed by atoms with Gasteiger partial charge in [0.15, 0.2) is 6.29 Å². The molecule has 3 radical (unpaired) electrons. The molecule has 21 heavy (non-hydrogen) atoms. The minimum absolute atomic E-state index is 0. The van der Waals surface area contributed by atoms with Crippen LogP contribution in [-0.4, -0.2) is 29.8 Å². The predicted octanol–water partition coefficient (Wildman–Crippen LogP) is -0.297. The summed E-state index contributed by atoms with van der Waals surface area (Å²) in [6.07, 6.45) is 4.02. The molecule has 0 saturated heterocycles. The topological polar surface area (TPSA) is 63.1 Å². The zero-order valence-electron chi connectivity index (χ0n) is 13.1. The van der Waals surface area contributed by atoms with Gasteiger partial charge < -0.3 is 6.53 Å². The van der Waals surface area contributed by atoms with Crippen molar-refractivity contribution in [1.29, 1.82) is 0 Å². The summed E-state index contributed by atoms with van der Waals surface area (Å²) in [5.41, 5.74) is 3.40. The molecule has 6 heteroatoms. The number of carbonyl (C=O) groups is 1. The van der Waals surface area contributed by atoms with Crippen LogP contribution in [0.25, 0.3) is 0 Å². The molecule has 0 aliphatic rings. The van der Waals surface area contributed by atoms with Crippen LogP contribution >= 0.6 is 0 Å². The van der Waals surface area contributed by atoms with Crippen molar-refractivity contribution in [1.82, 2.24) is 9.97 Å². The second kappa shape index (κ2) is 14.0. The van der Waals surface area contributed by atoms with Gasteiger partial charge in [-0.05, 0) is 37.6 Å². The van der Waals surface area contributed by atoms with E-state index in [2.05, 4.69) is 9.97 Å². The number of nitrogens with zero attached hydrogens (tertiary/aromatic N) is 2. The first kappa shape index (κ1) is 25.0. The molecule has 0 spiro atoms. The van der Waals surface area contributed by atoms with Crippen LogP contribution in [0.3, 0.4) is 0 Å². The largest absolute Gasteiger partial charge is 1.00 e. The van der Waals surface area contributed by atoms with Crippen molar-refractivity contribution in [3.63, 3.8) is 0 Å². The summed E-state index contributed by atoms with van der Waals surface area (Å²) >= 11 is 0.